The van der Waals surface area contributed by atoms with Crippen molar-refractivity contribution in [2.24, 2.45) is 0 Å². The summed E-state index contributed by atoms with van der Waals surface area (Å²) < 4.78 is 9.98. The topological polar surface area (TPSA) is 102 Å². The van der Waals surface area contributed by atoms with Crippen molar-refractivity contribution < 1.29 is 28.7 Å². The number of carbonyl (C=O) groups is 4. The number of hydrogen-bond donors (Lipinski definition) is 1. The maximum atomic E-state index is 12.9. The van der Waals surface area contributed by atoms with E-state index in [4.69, 9.17) is 4.74 Å². The Morgan fingerprint density at radius 1 is 1.03 bits per heavy atom. The molecule has 8 heteroatoms. The summed E-state index contributed by atoms with van der Waals surface area (Å²) in [4.78, 5) is 49.7. The molecule has 4 amide bonds. The molecule has 3 rings (SSSR count). The lowest BCUT2D eigenvalue weighted by Gasteiger charge is -2.26. The molecule has 1 saturated heterocycles. The molecule has 2 aromatic rings. The zero-order valence-corrected chi connectivity index (χ0v) is 15.8. The van der Waals surface area contributed by atoms with Crippen molar-refractivity contribution in [1.82, 2.24) is 5.32 Å². The van der Waals surface area contributed by atoms with Gasteiger partial charge in [-0.15, -0.1) is 0 Å². The van der Waals surface area contributed by atoms with E-state index in [2.05, 4.69) is 10.1 Å². The molecule has 0 bridgehead atoms. The first kappa shape index (κ1) is 19.8. The third kappa shape index (κ3) is 4.16. The van der Waals surface area contributed by atoms with Crippen LogP contribution in [0.4, 0.5) is 10.5 Å². The van der Waals surface area contributed by atoms with Crippen molar-refractivity contribution in [3.05, 3.63) is 65.2 Å². The number of amides is 4. The first-order valence-electron chi connectivity index (χ1n) is 8.77. The van der Waals surface area contributed by atoms with Gasteiger partial charge in [-0.2, -0.15) is 0 Å². The van der Waals surface area contributed by atoms with Crippen LogP contribution in [0.1, 0.15) is 22.8 Å². The van der Waals surface area contributed by atoms with E-state index in [0.717, 1.165) is 4.90 Å². The fourth-order valence-electron chi connectivity index (χ4n) is 2.75. The van der Waals surface area contributed by atoms with Gasteiger partial charge in [-0.05, 0) is 55.0 Å². The van der Waals surface area contributed by atoms with Crippen LogP contribution in [0.2, 0.25) is 0 Å². The summed E-state index contributed by atoms with van der Waals surface area (Å²) in [5.41, 5.74) is 0.942. The van der Waals surface area contributed by atoms with Gasteiger partial charge in [0.25, 0.3) is 11.8 Å². The van der Waals surface area contributed by atoms with Crippen LogP contribution in [0.3, 0.4) is 0 Å². The van der Waals surface area contributed by atoms with E-state index in [9.17, 15) is 19.2 Å². The van der Waals surface area contributed by atoms with Crippen LogP contribution in [0.5, 0.6) is 5.75 Å². The Bertz CT molecular complexity index is 993. The van der Waals surface area contributed by atoms with Crippen molar-refractivity contribution >= 4 is 35.6 Å². The molecule has 1 aliphatic heterocycles. The minimum Gasteiger partial charge on any atom is -0.494 e. The maximum Gasteiger partial charge on any atom is 0.337 e. The van der Waals surface area contributed by atoms with Crippen molar-refractivity contribution in [2.75, 3.05) is 18.6 Å². The lowest BCUT2D eigenvalue weighted by atomic mass is 10.1. The Balaban J connectivity index is 1.90. The average molecular weight is 394 g/mol. The molecular weight excluding hydrogens is 376 g/mol. The Morgan fingerprint density at radius 3 is 2.28 bits per heavy atom. The van der Waals surface area contributed by atoms with E-state index in [1.807, 2.05) is 6.92 Å². The number of anilines is 1. The van der Waals surface area contributed by atoms with E-state index in [0.29, 0.717) is 29.2 Å². The molecule has 29 heavy (non-hydrogen) atoms. The number of barbiturate groups is 1. The predicted molar refractivity (Wildman–Crippen MR) is 104 cm³/mol. The largest absolute Gasteiger partial charge is 0.494 e. The molecule has 0 spiro atoms. The molecule has 2 aromatic carbocycles. The minimum atomic E-state index is -0.831. The van der Waals surface area contributed by atoms with E-state index < -0.39 is 23.8 Å². The highest BCUT2D eigenvalue weighted by molar-refractivity contribution is 6.39. The number of benzene rings is 2. The van der Waals surface area contributed by atoms with Crippen molar-refractivity contribution in [2.45, 2.75) is 6.92 Å². The molecule has 0 radical (unpaired) electrons. The Kier molecular flexibility index (Phi) is 5.73. The quantitative estimate of drug-likeness (QED) is 0.475. The van der Waals surface area contributed by atoms with E-state index >= 15 is 0 Å². The van der Waals surface area contributed by atoms with Gasteiger partial charge in [0.2, 0.25) is 0 Å². The molecule has 1 heterocycles. The van der Waals surface area contributed by atoms with Crippen LogP contribution in [0.15, 0.2) is 54.1 Å². The summed E-state index contributed by atoms with van der Waals surface area (Å²) in [6.07, 6.45) is 1.35. The predicted octanol–water partition coefficient (Wildman–Crippen LogP) is 2.54. The van der Waals surface area contributed by atoms with E-state index in [1.165, 1.54) is 25.3 Å². The highest BCUT2D eigenvalue weighted by Gasteiger charge is 2.36. The number of hydrogen-bond acceptors (Lipinski definition) is 6. The molecule has 0 aromatic heterocycles. The number of methoxy groups -OCH3 is 1. The summed E-state index contributed by atoms with van der Waals surface area (Å²) in [7, 11) is 1.27. The molecule has 0 saturated carbocycles. The molecule has 0 unspecified atom stereocenters. The summed E-state index contributed by atoms with van der Waals surface area (Å²) in [5.74, 6) is -1.44. The molecule has 148 valence electrons. The summed E-state index contributed by atoms with van der Waals surface area (Å²) in [5, 5.41) is 2.16. The van der Waals surface area contributed by atoms with Crippen molar-refractivity contribution in [3.8, 4) is 5.75 Å². The van der Waals surface area contributed by atoms with E-state index in [1.54, 1.807) is 36.4 Å². The molecule has 1 N–H and O–H groups in total. The molecular formula is C21H18N2O6. The zero-order valence-electron chi connectivity index (χ0n) is 15.8. The van der Waals surface area contributed by atoms with Gasteiger partial charge in [0, 0.05) is 0 Å². The van der Waals surface area contributed by atoms with E-state index in [-0.39, 0.29) is 5.57 Å². The Hall–Kier alpha value is -3.94. The molecule has 1 aliphatic rings. The number of esters is 1. The second kappa shape index (κ2) is 8.39. The van der Waals surface area contributed by atoms with Gasteiger partial charge in [-0.1, -0.05) is 12.1 Å². The Morgan fingerprint density at radius 2 is 1.69 bits per heavy atom. The number of rotatable bonds is 5. The second-order valence-corrected chi connectivity index (χ2v) is 6.00. The zero-order chi connectivity index (χ0) is 21.0. The number of imide groups is 2. The monoisotopic (exact) mass is 394 g/mol. The first-order chi connectivity index (χ1) is 13.9. The molecule has 0 aliphatic carbocycles. The third-order valence-electron chi connectivity index (χ3n) is 4.15. The highest BCUT2D eigenvalue weighted by atomic mass is 16.5. The van der Waals surface area contributed by atoms with Crippen LogP contribution in [-0.2, 0) is 14.3 Å². The van der Waals surface area contributed by atoms with Gasteiger partial charge >= 0.3 is 12.0 Å². The SMILES string of the molecule is CCOc1ccc(N2C(=O)NC(=O)/C(=C\c3ccc(C(=O)OC)cc3)C2=O)cc1. The molecule has 8 nitrogen and oxygen atoms in total. The second-order valence-electron chi connectivity index (χ2n) is 6.00. The normalized spacial score (nSPS) is 15.3. The van der Waals surface area contributed by atoms with Gasteiger partial charge < -0.3 is 9.47 Å². The van der Waals surface area contributed by atoms with Gasteiger partial charge in [0.15, 0.2) is 0 Å². The van der Waals surface area contributed by atoms with Crippen molar-refractivity contribution in [3.63, 3.8) is 0 Å². The standard InChI is InChI=1S/C21H18N2O6/c1-3-29-16-10-8-15(9-11-16)23-19(25)17(18(24)22-21(23)27)12-13-4-6-14(7-5-13)20(26)28-2/h4-12H,3H2,1-2H3,(H,22,24,27)/b17-12+. The number of urea groups is 1. The number of nitrogens with zero attached hydrogens (tertiary/aromatic N) is 1. The average Bonchev–Trinajstić information content (AvgIpc) is 2.72. The van der Waals surface area contributed by atoms with Crippen LogP contribution >= 0.6 is 0 Å². The summed E-state index contributed by atoms with van der Waals surface area (Å²) in [6, 6.07) is 11.7. The lowest BCUT2D eigenvalue weighted by Crippen LogP contribution is -2.54. The molecule has 0 atom stereocenters. The number of carbonyl (C=O) groups excluding carboxylic acids is 4. The smallest absolute Gasteiger partial charge is 0.337 e. The number of ether oxygens (including phenoxy) is 2. The molecule has 1 fully saturated rings. The van der Waals surface area contributed by atoms with Gasteiger partial charge in [-0.3, -0.25) is 14.9 Å². The van der Waals surface area contributed by atoms with Crippen LogP contribution in [0.25, 0.3) is 6.08 Å². The lowest BCUT2D eigenvalue weighted by molar-refractivity contribution is -0.122. The fraction of sp³-hybridized carbons (Fsp3) is 0.143. The highest BCUT2D eigenvalue weighted by Crippen LogP contribution is 2.24. The summed E-state index contributed by atoms with van der Waals surface area (Å²) >= 11 is 0. The summed E-state index contributed by atoms with van der Waals surface area (Å²) in [6.45, 7) is 2.33. The first-order valence-corrected chi connectivity index (χ1v) is 8.77. The van der Waals surface area contributed by atoms with Crippen LogP contribution < -0.4 is 15.0 Å². The van der Waals surface area contributed by atoms with Crippen molar-refractivity contribution in [1.29, 1.82) is 0 Å². The van der Waals surface area contributed by atoms with Crippen LogP contribution in [-0.4, -0.2) is 37.5 Å². The Labute approximate surface area is 166 Å². The van der Waals surface area contributed by atoms with Gasteiger partial charge in [-0.25, -0.2) is 14.5 Å². The van der Waals surface area contributed by atoms with Gasteiger partial charge in [0.1, 0.15) is 11.3 Å². The number of nitrogens with one attached hydrogen (secondary N) is 1. The minimum absolute atomic E-state index is 0.204. The third-order valence-corrected chi connectivity index (χ3v) is 4.15. The van der Waals surface area contributed by atoms with Crippen LogP contribution in [0, 0.1) is 0 Å². The fourth-order valence-corrected chi connectivity index (χ4v) is 2.75. The maximum absolute atomic E-state index is 12.9. The van der Waals surface area contributed by atoms with Gasteiger partial charge in [0.05, 0.1) is 25.0 Å².